The molecule has 2 aliphatic rings. The standard InChI is InChI=1S/C16H23NO/c1-16(10-5-11-17-16)13-6-4-9-15(12-13)18-14-7-2-3-8-14/h4,6,9,12,14,17H,2-3,5,7-8,10-11H2,1H3. The van der Waals surface area contributed by atoms with Crippen LogP contribution in [0.1, 0.15) is 51.0 Å². The predicted molar refractivity (Wildman–Crippen MR) is 73.9 cm³/mol. The summed E-state index contributed by atoms with van der Waals surface area (Å²) in [5.74, 6) is 1.05. The molecule has 1 N–H and O–H groups in total. The topological polar surface area (TPSA) is 21.3 Å². The first kappa shape index (κ1) is 12.0. The third-order valence-corrected chi connectivity index (χ3v) is 4.44. The van der Waals surface area contributed by atoms with Crippen LogP contribution in [0.3, 0.4) is 0 Å². The lowest BCUT2D eigenvalue weighted by Crippen LogP contribution is -2.33. The second kappa shape index (κ2) is 4.93. The van der Waals surface area contributed by atoms with Crippen LogP contribution in [0.25, 0.3) is 0 Å². The smallest absolute Gasteiger partial charge is 0.120 e. The maximum atomic E-state index is 6.09. The second-order valence-electron chi connectivity index (χ2n) is 5.91. The summed E-state index contributed by atoms with van der Waals surface area (Å²) in [6, 6.07) is 8.68. The minimum atomic E-state index is 0.148. The summed E-state index contributed by atoms with van der Waals surface area (Å²) in [6.07, 6.45) is 8.03. The van der Waals surface area contributed by atoms with Crippen molar-refractivity contribution in [1.29, 1.82) is 0 Å². The molecule has 1 saturated heterocycles. The van der Waals surface area contributed by atoms with Crippen LogP contribution in [-0.4, -0.2) is 12.6 Å². The van der Waals surface area contributed by atoms with Gasteiger partial charge in [-0.1, -0.05) is 12.1 Å². The molecule has 0 spiro atoms. The number of hydrogen-bond acceptors (Lipinski definition) is 2. The molecule has 1 aromatic rings. The van der Waals surface area contributed by atoms with Crippen molar-refractivity contribution in [1.82, 2.24) is 5.32 Å². The molecule has 3 rings (SSSR count). The zero-order valence-corrected chi connectivity index (χ0v) is 11.2. The highest BCUT2D eigenvalue weighted by molar-refractivity contribution is 5.34. The van der Waals surface area contributed by atoms with E-state index >= 15 is 0 Å². The van der Waals surface area contributed by atoms with Crippen LogP contribution in [-0.2, 0) is 5.54 Å². The van der Waals surface area contributed by atoms with Crippen molar-refractivity contribution in [3.05, 3.63) is 29.8 Å². The first-order valence-corrected chi connectivity index (χ1v) is 7.28. The van der Waals surface area contributed by atoms with Gasteiger partial charge in [-0.05, 0) is 69.7 Å². The molecule has 18 heavy (non-hydrogen) atoms. The molecule has 2 heteroatoms. The lowest BCUT2D eigenvalue weighted by atomic mass is 9.90. The van der Waals surface area contributed by atoms with E-state index in [1.807, 2.05) is 0 Å². The molecular weight excluding hydrogens is 222 g/mol. The Kier molecular flexibility index (Phi) is 3.29. The minimum absolute atomic E-state index is 0.148. The highest BCUT2D eigenvalue weighted by atomic mass is 16.5. The quantitative estimate of drug-likeness (QED) is 0.878. The van der Waals surface area contributed by atoms with Gasteiger partial charge in [0.25, 0.3) is 0 Å². The predicted octanol–water partition coefficient (Wildman–Crippen LogP) is 3.61. The molecule has 0 aromatic heterocycles. The van der Waals surface area contributed by atoms with E-state index in [-0.39, 0.29) is 5.54 Å². The molecule has 2 nitrogen and oxygen atoms in total. The highest BCUT2D eigenvalue weighted by Crippen LogP contribution is 2.33. The van der Waals surface area contributed by atoms with Crippen LogP contribution in [0.15, 0.2) is 24.3 Å². The van der Waals surface area contributed by atoms with Gasteiger partial charge >= 0.3 is 0 Å². The molecule has 1 atom stereocenters. The van der Waals surface area contributed by atoms with Crippen molar-refractivity contribution in [3.63, 3.8) is 0 Å². The average Bonchev–Trinajstić information content (AvgIpc) is 3.02. The lowest BCUT2D eigenvalue weighted by molar-refractivity contribution is 0.209. The Labute approximate surface area is 110 Å². The van der Waals surface area contributed by atoms with E-state index in [1.54, 1.807) is 0 Å². The van der Waals surface area contributed by atoms with E-state index in [4.69, 9.17) is 4.74 Å². The van der Waals surface area contributed by atoms with Gasteiger partial charge in [-0.15, -0.1) is 0 Å². The first-order chi connectivity index (χ1) is 8.76. The van der Waals surface area contributed by atoms with Gasteiger partial charge in [-0.3, -0.25) is 0 Å². The van der Waals surface area contributed by atoms with Gasteiger partial charge in [0.05, 0.1) is 6.10 Å². The SMILES string of the molecule is CC1(c2cccc(OC3CCCC3)c2)CCCN1. The fourth-order valence-electron chi connectivity index (χ4n) is 3.25. The Hall–Kier alpha value is -1.02. The monoisotopic (exact) mass is 245 g/mol. The maximum Gasteiger partial charge on any atom is 0.120 e. The molecule has 1 heterocycles. The molecule has 98 valence electrons. The molecule has 0 radical (unpaired) electrons. The van der Waals surface area contributed by atoms with Gasteiger partial charge in [-0.2, -0.15) is 0 Å². The summed E-state index contributed by atoms with van der Waals surface area (Å²) in [5.41, 5.74) is 1.52. The molecule has 1 unspecified atom stereocenters. The minimum Gasteiger partial charge on any atom is -0.490 e. The normalized spacial score (nSPS) is 28.7. The zero-order valence-electron chi connectivity index (χ0n) is 11.2. The largest absolute Gasteiger partial charge is 0.490 e. The molecule has 0 bridgehead atoms. The Morgan fingerprint density at radius 2 is 2.06 bits per heavy atom. The van der Waals surface area contributed by atoms with E-state index in [0.29, 0.717) is 6.10 Å². The number of hydrogen-bond donors (Lipinski definition) is 1. The summed E-state index contributed by atoms with van der Waals surface area (Å²) in [6.45, 7) is 3.43. The van der Waals surface area contributed by atoms with Crippen molar-refractivity contribution in [2.75, 3.05) is 6.54 Å². The zero-order chi connectivity index (χ0) is 12.4. The van der Waals surface area contributed by atoms with Crippen molar-refractivity contribution in [2.24, 2.45) is 0 Å². The maximum absolute atomic E-state index is 6.09. The van der Waals surface area contributed by atoms with E-state index < -0.39 is 0 Å². The number of benzene rings is 1. The molecule has 1 saturated carbocycles. The molecular formula is C16H23NO. The van der Waals surface area contributed by atoms with Crippen LogP contribution in [0.5, 0.6) is 5.75 Å². The van der Waals surface area contributed by atoms with E-state index in [2.05, 4.69) is 36.5 Å². The number of rotatable bonds is 3. The Bertz CT molecular complexity index is 403. The van der Waals surface area contributed by atoms with Gasteiger partial charge in [-0.25, -0.2) is 0 Å². The highest BCUT2D eigenvalue weighted by Gasteiger charge is 2.30. The van der Waals surface area contributed by atoms with E-state index in [1.165, 1.54) is 44.1 Å². The molecule has 0 amide bonds. The Morgan fingerprint density at radius 3 is 2.78 bits per heavy atom. The lowest BCUT2D eigenvalue weighted by Gasteiger charge is -2.26. The molecule has 2 fully saturated rings. The fourth-order valence-corrected chi connectivity index (χ4v) is 3.25. The van der Waals surface area contributed by atoms with Crippen LogP contribution < -0.4 is 10.1 Å². The summed E-state index contributed by atoms with van der Waals surface area (Å²) in [4.78, 5) is 0. The number of nitrogens with one attached hydrogen (secondary N) is 1. The van der Waals surface area contributed by atoms with Crippen molar-refractivity contribution in [3.8, 4) is 5.75 Å². The van der Waals surface area contributed by atoms with Gasteiger partial charge < -0.3 is 10.1 Å². The summed E-state index contributed by atoms with van der Waals surface area (Å²) < 4.78 is 6.09. The van der Waals surface area contributed by atoms with Gasteiger partial charge in [0, 0.05) is 5.54 Å². The molecule has 1 aliphatic carbocycles. The van der Waals surface area contributed by atoms with Gasteiger partial charge in [0.15, 0.2) is 0 Å². The van der Waals surface area contributed by atoms with Crippen molar-refractivity contribution in [2.45, 2.75) is 57.1 Å². The van der Waals surface area contributed by atoms with Crippen LogP contribution in [0, 0.1) is 0 Å². The van der Waals surface area contributed by atoms with E-state index in [9.17, 15) is 0 Å². The van der Waals surface area contributed by atoms with Crippen molar-refractivity contribution < 1.29 is 4.74 Å². The third kappa shape index (κ3) is 2.39. The second-order valence-corrected chi connectivity index (χ2v) is 5.91. The van der Waals surface area contributed by atoms with Crippen LogP contribution in [0.2, 0.25) is 0 Å². The van der Waals surface area contributed by atoms with Crippen LogP contribution >= 0.6 is 0 Å². The van der Waals surface area contributed by atoms with E-state index in [0.717, 1.165) is 12.3 Å². The molecule has 1 aliphatic heterocycles. The summed E-state index contributed by atoms with van der Waals surface area (Å²) in [5, 5.41) is 3.61. The Balaban J connectivity index is 1.76. The van der Waals surface area contributed by atoms with Crippen molar-refractivity contribution >= 4 is 0 Å². The van der Waals surface area contributed by atoms with Crippen LogP contribution in [0.4, 0.5) is 0 Å². The van der Waals surface area contributed by atoms with Gasteiger partial charge in [0.2, 0.25) is 0 Å². The average molecular weight is 245 g/mol. The summed E-state index contributed by atoms with van der Waals surface area (Å²) >= 11 is 0. The third-order valence-electron chi connectivity index (χ3n) is 4.44. The first-order valence-electron chi connectivity index (χ1n) is 7.28. The molecule has 1 aromatic carbocycles. The number of ether oxygens (including phenoxy) is 1. The Morgan fingerprint density at radius 1 is 1.22 bits per heavy atom. The van der Waals surface area contributed by atoms with Gasteiger partial charge in [0.1, 0.15) is 5.75 Å². The summed E-state index contributed by atoms with van der Waals surface area (Å²) in [7, 11) is 0. The fraction of sp³-hybridized carbons (Fsp3) is 0.625.